The van der Waals surface area contributed by atoms with E-state index in [0.29, 0.717) is 6.54 Å². The molecule has 0 atom stereocenters. The van der Waals surface area contributed by atoms with Crippen molar-refractivity contribution in [2.75, 3.05) is 6.61 Å². The molecule has 1 fully saturated rings. The maximum atomic E-state index is 5.70. The maximum absolute atomic E-state index is 5.70. The molecule has 1 aromatic rings. The molecule has 2 nitrogen and oxygen atoms in total. The van der Waals surface area contributed by atoms with E-state index in [4.69, 9.17) is 10.5 Å². The first-order valence-electron chi connectivity index (χ1n) is 5.30. The molecule has 1 aliphatic rings. The van der Waals surface area contributed by atoms with Gasteiger partial charge in [0.25, 0.3) is 0 Å². The summed E-state index contributed by atoms with van der Waals surface area (Å²) in [7, 11) is 0. The number of rotatable bonds is 4. The van der Waals surface area contributed by atoms with Crippen molar-refractivity contribution in [2.45, 2.75) is 25.8 Å². The van der Waals surface area contributed by atoms with Crippen molar-refractivity contribution < 1.29 is 4.74 Å². The van der Waals surface area contributed by atoms with Crippen LogP contribution in [-0.2, 0) is 6.54 Å². The highest BCUT2D eigenvalue weighted by atomic mass is 16.5. The number of hydrogen-bond donors (Lipinski definition) is 1. The molecule has 0 amide bonds. The van der Waals surface area contributed by atoms with Crippen molar-refractivity contribution in [3.05, 3.63) is 29.8 Å². The molecule has 2 heteroatoms. The van der Waals surface area contributed by atoms with E-state index in [1.54, 1.807) is 0 Å². The molecule has 0 radical (unpaired) electrons. The number of nitrogens with two attached hydrogens (primary N) is 1. The summed E-state index contributed by atoms with van der Waals surface area (Å²) >= 11 is 0. The van der Waals surface area contributed by atoms with Gasteiger partial charge in [0.15, 0.2) is 0 Å². The molecule has 1 saturated carbocycles. The first-order valence-corrected chi connectivity index (χ1v) is 5.30. The Bertz CT molecular complexity index is 294. The van der Waals surface area contributed by atoms with E-state index < -0.39 is 0 Å². The van der Waals surface area contributed by atoms with Crippen LogP contribution in [0.25, 0.3) is 0 Å². The van der Waals surface area contributed by atoms with E-state index in [1.165, 1.54) is 19.3 Å². The Morgan fingerprint density at radius 3 is 2.86 bits per heavy atom. The molecule has 0 bridgehead atoms. The highest BCUT2D eigenvalue weighted by molar-refractivity contribution is 5.28. The Morgan fingerprint density at radius 1 is 1.36 bits per heavy atom. The third-order valence-electron chi connectivity index (χ3n) is 2.84. The summed E-state index contributed by atoms with van der Waals surface area (Å²) in [5.74, 6) is 1.75. The molecule has 0 saturated heterocycles. The van der Waals surface area contributed by atoms with Crippen LogP contribution in [0.3, 0.4) is 0 Å². The Kier molecular flexibility index (Phi) is 3.04. The van der Waals surface area contributed by atoms with Gasteiger partial charge in [0.05, 0.1) is 6.61 Å². The zero-order valence-electron chi connectivity index (χ0n) is 8.41. The molecule has 1 aliphatic carbocycles. The predicted octanol–water partition coefficient (Wildman–Crippen LogP) is 2.32. The van der Waals surface area contributed by atoms with Crippen LogP contribution >= 0.6 is 0 Å². The topological polar surface area (TPSA) is 35.2 Å². The fraction of sp³-hybridized carbons (Fsp3) is 0.500. The molecule has 76 valence electrons. The normalized spacial score (nSPS) is 16.4. The van der Waals surface area contributed by atoms with Crippen molar-refractivity contribution >= 4 is 0 Å². The first kappa shape index (κ1) is 9.53. The van der Waals surface area contributed by atoms with Crippen LogP contribution in [0.1, 0.15) is 24.8 Å². The second kappa shape index (κ2) is 4.47. The summed E-state index contributed by atoms with van der Waals surface area (Å²) in [5.41, 5.74) is 6.69. The van der Waals surface area contributed by atoms with Crippen molar-refractivity contribution in [1.29, 1.82) is 0 Å². The Labute approximate surface area is 85.1 Å². The summed E-state index contributed by atoms with van der Waals surface area (Å²) < 4.78 is 5.70. The molecule has 0 aliphatic heterocycles. The van der Waals surface area contributed by atoms with Gasteiger partial charge in [0.1, 0.15) is 5.75 Å². The van der Waals surface area contributed by atoms with Gasteiger partial charge in [-0.2, -0.15) is 0 Å². The lowest BCUT2D eigenvalue weighted by molar-refractivity contribution is 0.180. The van der Waals surface area contributed by atoms with Gasteiger partial charge in [-0.3, -0.25) is 0 Å². The van der Waals surface area contributed by atoms with E-state index in [9.17, 15) is 0 Å². The zero-order chi connectivity index (χ0) is 9.80. The minimum Gasteiger partial charge on any atom is -0.493 e. The quantitative estimate of drug-likeness (QED) is 0.792. The van der Waals surface area contributed by atoms with Crippen LogP contribution in [0.2, 0.25) is 0 Å². The lowest BCUT2D eigenvalue weighted by atomic mass is 9.86. The molecule has 14 heavy (non-hydrogen) atoms. The molecule has 0 unspecified atom stereocenters. The summed E-state index contributed by atoms with van der Waals surface area (Å²) in [4.78, 5) is 0. The van der Waals surface area contributed by atoms with Gasteiger partial charge < -0.3 is 10.5 Å². The standard InChI is InChI=1S/C12H17NO/c13-8-11-5-2-6-12(7-11)14-9-10-3-1-4-10/h2,5-7,10H,1,3-4,8-9,13H2. The Balaban J connectivity index is 1.87. The molecule has 0 heterocycles. The van der Waals surface area contributed by atoms with Gasteiger partial charge >= 0.3 is 0 Å². The number of hydrogen-bond acceptors (Lipinski definition) is 2. The average molecular weight is 191 g/mol. The van der Waals surface area contributed by atoms with Gasteiger partial charge in [0.2, 0.25) is 0 Å². The van der Waals surface area contributed by atoms with Gasteiger partial charge in [-0.25, -0.2) is 0 Å². The monoisotopic (exact) mass is 191 g/mol. The highest BCUT2D eigenvalue weighted by Crippen LogP contribution is 2.27. The Hall–Kier alpha value is -1.02. The van der Waals surface area contributed by atoms with E-state index >= 15 is 0 Å². The van der Waals surface area contributed by atoms with Crippen LogP contribution in [0.15, 0.2) is 24.3 Å². The largest absolute Gasteiger partial charge is 0.493 e. The third kappa shape index (κ3) is 2.26. The molecule has 2 N–H and O–H groups in total. The summed E-state index contributed by atoms with van der Waals surface area (Å²) in [6.07, 6.45) is 4.03. The van der Waals surface area contributed by atoms with Crippen molar-refractivity contribution in [2.24, 2.45) is 11.7 Å². The molecular weight excluding hydrogens is 174 g/mol. The second-order valence-corrected chi connectivity index (χ2v) is 3.96. The zero-order valence-corrected chi connectivity index (χ0v) is 8.41. The number of ether oxygens (including phenoxy) is 1. The minimum atomic E-state index is 0.584. The van der Waals surface area contributed by atoms with Gasteiger partial charge in [-0.05, 0) is 36.5 Å². The van der Waals surface area contributed by atoms with Crippen LogP contribution in [0.4, 0.5) is 0 Å². The maximum Gasteiger partial charge on any atom is 0.119 e. The second-order valence-electron chi connectivity index (χ2n) is 3.96. The van der Waals surface area contributed by atoms with Crippen LogP contribution in [0, 0.1) is 5.92 Å². The molecule has 0 spiro atoms. The first-order chi connectivity index (χ1) is 6.88. The minimum absolute atomic E-state index is 0.584. The fourth-order valence-electron chi connectivity index (χ4n) is 1.64. The van der Waals surface area contributed by atoms with E-state index in [2.05, 4.69) is 0 Å². The summed E-state index contributed by atoms with van der Waals surface area (Å²) in [5, 5.41) is 0. The van der Waals surface area contributed by atoms with Crippen LogP contribution < -0.4 is 10.5 Å². The van der Waals surface area contributed by atoms with Gasteiger partial charge in [-0.1, -0.05) is 18.6 Å². The van der Waals surface area contributed by atoms with Gasteiger partial charge in [0, 0.05) is 6.54 Å². The van der Waals surface area contributed by atoms with E-state index in [1.807, 2.05) is 24.3 Å². The summed E-state index contributed by atoms with van der Waals surface area (Å²) in [6.45, 7) is 1.45. The smallest absolute Gasteiger partial charge is 0.119 e. The Morgan fingerprint density at radius 2 is 2.21 bits per heavy atom. The predicted molar refractivity (Wildman–Crippen MR) is 57.2 cm³/mol. The molecule has 0 aromatic heterocycles. The van der Waals surface area contributed by atoms with Crippen LogP contribution in [-0.4, -0.2) is 6.61 Å². The number of benzene rings is 1. The molecule has 2 rings (SSSR count). The molecular formula is C12H17NO. The summed E-state index contributed by atoms with van der Waals surface area (Å²) in [6, 6.07) is 8.05. The van der Waals surface area contributed by atoms with Crippen LogP contribution in [0.5, 0.6) is 5.75 Å². The lowest BCUT2D eigenvalue weighted by Gasteiger charge is -2.25. The third-order valence-corrected chi connectivity index (χ3v) is 2.84. The molecule has 1 aromatic carbocycles. The lowest BCUT2D eigenvalue weighted by Crippen LogP contribution is -2.19. The highest BCUT2D eigenvalue weighted by Gasteiger charge is 2.17. The SMILES string of the molecule is NCc1cccc(OCC2CCC2)c1. The average Bonchev–Trinajstić information content (AvgIpc) is 2.16. The fourth-order valence-corrected chi connectivity index (χ4v) is 1.64. The van der Waals surface area contributed by atoms with E-state index in [0.717, 1.165) is 23.8 Å². The van der Waals surface area contributed by atoms with Crippen molar-refractivity contribution in [1.82, 2.24) is 0 Å². The van der Waals surface area contributed by atoms with Gasteiger partial charge in [-0.15, -0.1) is 0 Å². The van der Waals surface area contributed by atoms with Crippen molar-refractivity contribution in [3.8, 4) is 5.75 Å². The van der Waals surface area contributed by atoms with Crippen molar-refractivity contribution in [3.63, 3.8) is 0 Å². The van der Waals surface area contributed by atoms with E-state index in [-0.39, 0.29) is 0 Å².